The van der Waals surface area contributed by atoms with Gasteiger partial charge in [0.25, 0.3) is 0 Å². The molecule has 0 amide bonds. The topological polar surface area (TPSA) is 18.5 Å². The molecule has 0 spiro atoms. The second kappa shape index (κ2) is 4.38. The maximum atomic E-state index is 5.84. The Morgan fingerprint density at radius 2 is 2.06 bits per heavy atom. The standard InChI is InChI=1S/C13H15BrO2/c14-9-3-4-12-10(7-9)11-8-13(11)16-6-2-1-5-15-12/h3-4,7,11,13H,1-2,5-6,8H2. The molecule has 0 N–H and O–H groups in total. The van der Waals surface area contributed by atoms with E-state index < -0.39 is 0 Å². The molecule has 2 nitrogen and oxygen atoms in total. The molecule has 2 atom stereocenters. The first kappa shape index (κ1) is 10.6. The van der Waals surface area contributed by atoms with Crippen LogP contribution in [0.2, 0.25) is 0 Å². The number of rotatable bonds is 0. The molecular formula is C13H15BrO2. The number of hydrogen-bond donors (Lipinski definition) is 0. The molecule has 2 unspecified atom stereocenters. The molecule has 1 aliphatic heterocycles. The van der Waals surface area contributed by atoms with Gasteiger partial charge in [0.1, 0.15) is 5.75 Å². The first-order valence-corrected chi connectivity index (χ1v) is 6.68. The van der Waals surface area contributed by atoms with Crippen molar-refractivity contribution >= 4 is 15.9 Å². The lowest BCUT2D eigenvalue weighted by molar-refractivity contribution is 0.106. The number of hydrogen-bond acceptors (Lipinski definition) is 2. The van der Waals surface area contributed by atoms with Crippen LogP contribution < -0.4 is 4.74 Å². The van der Waals surface area contributed by atoms with E-state index in [0.29, 0.717) is 12.0 Å². The Morgan fingerprint density at radius 3 is 3.00 bits per heavy atom. The number of benzene rings is 1. The van der Waals surface area contributed by atoms with Crippen molar-refractivity contribution in [3.05, 3.63) is 28.2 Å². The van der Waals surface area contributed by atoms with Crippen molar-refractivity contribution in [2.24, 2.45) is 0 Å². The molecule has 0 saturated heterocycles. The highest BCUT2D eigenvalue weighted by Crippen LogP contribution is 2.47. The van der Waals surface area contributed by atoms with Crippen LogP contribution in [0.3, 0.4) is 0 Å². The molecule has 16 heavy (non-hydrogen) atoms. The third-order valence-electron chi connectivity index (χ3n) is 3.23. The lowest BCUT2D eigenvalue weighted by atomic mass is 10.1. The highest BCUT2D eigenvalue weighted by molar-refractivity contribution is 9.10. The van der Waals surface area contributed by atoms with Gasteiger partial charge in [0.05, 0.1) is 12.7 Å². The Hall–Kier alpha value is -0.540. The van der Waals surface area contributed by atoms with Crippen LogP contribution in [0.1, 0.15) is 30.7 Å². The molecule has 0 bridgehead atoms. The Labute approximate surface area is 104 Å². The third kappa shape index (κ3) is 2.11. The van der Waals surface area contributed by atoms with Gasteiger partial charge in [-0.1, -0.05) is 15.9 Å². The summed E-state index contributed by atoms with van der Waals surface area (Å²) >= 11 is 3.52. The minimum Gasteiger partial charge on any atom is -0.493 e. The quantitative estimate of drug-likeness (QED) is 0.725. The van der Waals surface area contributed by atoms with Crippen LogP contribution in [0.4, 0.5) is 0 Å². The SMILES string of the molecule is Brc1ccc2c(c1)C1CC1OCCCCO2. The van der Waals surface area contributed by atoms with Crippen LogP contribution in [0.25, 0.3) is 0 Å². The van der Waals surface area contributed by atoms with Crippen molar-refractivity contribution in [1.82, 2.24) is 0 Å². The molecule has 3 heteroatoms. The molecule has 1 saturated carbocycles. The number of fused-ring (bicyclic) bond motifs is 3. The molecule has 3 rings (SSSR count). The maximum Gasteiger partial charge on any atom is 0.122 e. The van der Waals surface area contributed by atoms with Crippen molar-refractivity contribution in [2.75, 3.05) is 13.2 Å². The fourth-order valence-electron chi connectivity index (χ4n) is 2.24. The van der Waals surface area contributed by atoms with Crippen LogP contribution in [0.5, 0.6) is 5.75 Å². The van der Waals surface area contributed by atoms with Gasteiger partial charge in [-0.3, -0.25) is 0 Å². The van der Waals surface area contributed by atoms with Gasteiger partial charge in [-0.25, -0.2) is 0 Å². The van der Waals surface area contributed by atoms with Gasteiger partial charge in [-0.2, -0.15) is 0 Å². The minimum absolute atomic E-state index is 0.426. The van der Waals surface area contributed by atoms with Gasteiger partial charge in [-0.05, 0) is 37.5 Å². The smallest absolute Gasteiger partial charge is 0.122 e. The predicted molar refractivity (Wildman–Crippen MR) is 66.0 cm³/mol. The molecule has 1 fully saturated rings. The molecule has 1 aromatic carbocycles. The van der Waals surface area contributed by atoms with Crippen molar-refractivity contribution in [3.8, 4) is 5.75 Å². The largest absolute Gasteiger partial charge is 0.493 e. The van der Waals surface area contributed by atoms with Gasteiger partial charge in [0, 0.05) is 22.6 Å². The monoisotopic (exact) mass is 282 g/mol. The fraction of sp³-hybridized carbons (Fsp3) is 0.538. The lowest BCUT2D eigenvalue weighted by Crippen LogP contribution is -2.07. The summed E-state index contributed by atoms with van der Waals surface area (Å²) in [5.41, 5.74) is 1.31. The first-order valence-electron chi connectivity index (χ1n) is 5.88. The Bertz CT molecular complexity index is 392. The molecule has 1 aromatic rings. The second-order valence-corrected chi connectivity index (χ2v) is 5.40. The molecule has 2 aliphatic rings. The predicted octanol–water partition coefficient (Wildman–Crippen LogP) is 3.49. The summed E-state index contributed by atoms with van der Waals surface area (Å²) in [6.45, 7) is 1.68. The second-order valence-electron chi connectivity index (χ2n) is 4.49. The minimum atomic E-state index is 0.426. The summed E-state index contributed by atoms with van der Waals surface area (Å²) in [6.07, 6.45) is 3.75. The van der Waals surface area contributed by atoms with E-state index in [1.165, 1.54) is 5.56 Å². The zero-order chi connectivity index (χ0) is 11.0. The highest BCUT2D eigenvalue weighted by atomic mass is 79.9. The van der Waals surface area contributed by atoms with E-state index in [4.69, 9.17) is 9.47 Å². The Morgan fingerprint density at radius 1 is 1.19 bits per heavy atom. The van der Waals surface area contributed by atoms with E-state index in [1.54, 1.807) is 0 Å². The van der Waals surface area contributed by atoms with Crippen molar-refractivity contribution in [2.45, 2.75) is 31.3 Å². The zero-order valence-electron chi connectivity index (χ0n) is 9.12. The van der Waals surface area contributed by atoms with Crippen molar-refractivity contribution in [3.63, 3.8) is 0 Å². The third-order valence-corrected chi connectivity index (χ3v) is 3.72. The van der Waals surface area contributed by atoms with E-state index in [1.807, 2.05) is 6.07 Å². The van der Waals surface area contributed by atoms with Crippen LogP contribution in [-0.4, -0.2) is 19.3 Å². The lowest BCUT2D eigenvalue weighted by Gasteiger charge is -2.14. The summed E-state index contributed by atoms with van der Waals surface area (Å²) in [7, 11) is 0. The summed E-state index contributed by atoms with van der Waals surface area (Å²) < 4.78 is 12.8. The maximum absolute atomic E-state index is 5.84. The van der Waals surface area contributed by atoms with E-state index in [2.05, 4.69) is 28.1 Å². The van der Waals surface area contributed by atoms with Gasteiger partial charge in [0.15, 0.2) is 0 Å². The van der Waals surface area contributed by atoms with Crippen LogP contribution in [0, 0.1) is 0 Å². The summed E-state index contributed by atoms with van der Waals surface area (Å²) in [5.74, 6) is 1.59. The number of ether oxygens (including phenoxy) is 2. The molecule has 1 heterocycles. The molecule has 86 valence electrons. The van der Waals surface area contributed by atoms with Crippen LogP contribution in [-0.2, 0) is 4.74 Å². The molecule has 1 aliphatic carbocycles. The van der Waals surface area contributed by atoms with E-state index in [-0.39, 0.29) is 0 Å². The van der Waals surface area contributed by atoms with Gasteiger partial charge in [0.2, 0.25) is 0 Å². The summed E-state index contributed by atoms with van der Waals surface area (Å²) in [5, 5.41) is 0. The average molecular weight is 283 g/mol. The fourth-order valence-corrected chi connectivity index (χ4v) is 2.62. The van der Waals surface area contributed by atoms with Gasteiger partial charge < -0.3 is 9.47 Å². The molecule has 0 aromatic heterocycles. The normalized spacial score (nSPS) is 28.6. The van der Waals surface area contributed by atoms with Gasteiger partial charge in [-0.15, -0.1) is 0 Å². The van der Waals surface area contributed by atoms with Crippen molar-refractivity contribution < 1.29 is 9.47 Å². The van der Waals surface area contributed by atoms with E-state index in [9.17, 15) is 0 Å². The Balaban J connectivity index is 1.90. The average Bonchev–Trinajstić information content (AvgIpc) is 3.04. The van der Waals surface area contributed by atoms with E-state index in [0.717, 1.165) is 42.7 Å². The summed E-state index contributed by atoms with van der Waals surface area (Å²) in [6, 6.07) is 6.28. The summed E-state index contributed by atoms with van der Waals surface area (Å²) in [4.78, 5) is 0. The van der Waals surface area contributed by atoms with Crippen LogP contribution in [0.15, 0.2) is 22.7 Å². The number of halogens is 1. The molecular weight excluding hydrogens is 268 g/mol. The van der Waals surface area contributed by atoms with Crippen molar-refractivity contribution in [1.29, 1.82) is 0 Å². The Kier molecular flexibility index (Phi) is 2.90. The first-order chi connectivity index (χ1) is 7.84. The highest BCUT2D eigenvalue weighted by Gasteiger charge is 2.41. The van der Waals surface area contributed by atoms with Gasteiger partial charge >= 0.3 is 0 Å². The zero-order valence-corrected chi connectivity index (χ0v) is 10.7. The molecule has 0 radical (unpaired) electrons. The van der Waals surface area contributed by atoms with E-state index >= 15 is 0 Å². The van der Waals surface area contributed by atoms with Crippen LogP contribution >= 0.6 is 15.9 Å².